The van der Waals surface area contributed by atoms with E-state index in [1.165, 1.54) is 0 Å². The Morgan fingerprint density at radius 2 is 1.07 bits per heavy atom. The van der Waals surface area contributed by atoms with Gasteiger partial charge in [0.25, 0.3) is 0 Å². The van der Waals surface area contributed by atoms with Crippen LogP contribution < -0.4 is 0 Å². The van der Waals surface area contributed by atoms with E-state index in [4.69, 9.17) is 0 Å². The molecule has 0 aromatic carbocycles. The van der Waals surface area contributed by atoms with Crippen LogP contribution in [0.25, 0.3) is 0 Å². The monoisotopic (exact) mass is 507 g/mol. The quantitative estimate of drug-likeness (QED) is 0.252. The molecule has 0 aliphatic carbocycles. The molecule has 0 aromatic heterocycles. The van der Waals surface area contributed by atoms with Gasteiger partial charge in [0.05, 0.1) is 0 Å². The van der Waals surface area contributed by atoms with Crippen molar-refractivity contribution in [3.63, 3.8) is 0 Å². The maximum Gasteiger partial charge on any atom is 0.384 e. The van der Waals surface area contributed by atoms with Crippen LogP contribution in [-0.2, 0) is 14.6 Å². The molecule has 20 heteroatoms. The lowest BCUT2D eigenvalue weighted by Gasteiger charge is -2.44. The first-order chi connectivity index (χ1) is 12.7. The van der Waals surface area contributed by atoms with E-state index in [0.29, 0.717) is 0 Å². The first-order valence-corrected chi connectivity index (χ1v) is 7.82. The van der Waals surface area contributed by atoms with Crippen LogP contribution in [0.15, 0.2) is 0 Å². The molecule has 0 rings (SSSR count). The highest BCUT2D eigenvalue weighted by molar-refractivity contribution is 7.80. The molecule has 0 aliphatic rings. The van der Waals surface area contributed by atoms with E-state index in [-0.39, 0.29) is 0 Å². The number of halogens is 15. The Balaban J connectivity index is 6.52. The van der Waals surface area contributed by atoms with Crippen LogP contribution >= 0.6 is 0 Å². The van der Waals surface area contributed by atoms with Crippen molar-refractivity contribution in [3.8, 4) is 0 Å². The van der Waals surface area contributed by atoms with Crippen molar-refractivity contribution < 1.29 is 83.0 Å². The Hall–Kier alpha value is -1.18. The van der Waals surface area contributed by atoms with Crippen LogP contribution in [0.5, 0.6) is 0 Å². The summed E-state index contributed by atoms with van der Waals surface area (Å²) in [6.45, 7) is -4.74. The lowest BCUT2D eigenvalue weighted by atomic mass is 9.83. The van der Waals surface area contributed by atoms with Crippen LogP contribution in [0.3, 0.4) is 0 Å². The van der Waals surface area contributed by atoms with E-state index in [9.17, 15) is 78.8 Å². The lowest BCUT2D eigenvalue weighted by molar-refractivity contribution is -0.432. The normalized spacial score (nSPS) is 17.9. The standard InChI is InChI=1S/C10H7F15O4S/c1-4(13,5(14,15)2-29-30(26,27)28)7(18,19)9(22,23)10(24,25)8(20,21)6(16,17)3(11)12/h3H,2H2,1H3,(H,26,27,28)/p-1. The Morgan fingerprint density at radius 1 is 0.733 bits per heavy atom. The van der Waals surface area contributed by atoms with E-state index in [0.717, 1.165) is 0 Å². The second-order valence-corrected chi connectivity index (χ2v) is 6.65. The van der Waals surface area contributed by atoms with Gasteiger partial charge in [0.1, 0.15) is 6.61 Å². The lowest BCUT2D eigenvalue weighted by Crippen LogP contribution is -2.74. The maximum atomic E-state index is 13.8. The third-order valence-electron chi connectivity index (χ3n) is 3.54. The Bertz CT molecular complexity index is 730. The molecule has 0 aromatic rings. The van der Waals surface area contributed by atoms with Gasteiger partial charge >= 0.3 is 42.0 Å². The van der Waals surface area contributed by atoms with Crippen LogP contribution in [0.2, 0.25) is 0 Å². The zero-order valence-electron chi connectivity index (χ0n) is 13.5. The number of hydrogen-bond acceptors (Lipinski definition) is 4. The highest BCUT2D eigenvalue weighted by Gasteiger charge is 2.91. The first kappa shape index (κ1) is 28.8. The highest BCUT2D eigenvalue weighted by Crippen LogP contribution is 2.62. The van der Waals surface area contributed by atoms with Gasteiger partial charge < -0.3 is 4.55 Å². The van der Waals surface area contributed by atoms with Crippen molar-refractivity contribution in [2.45, 2.75) is 54.6 Å². The van der Waals surface area contributed by atoms with Gasteiger partial charge in [-0.3, -0.25) is 4.18 Å². The Morgan fingerprint density at radius 3 is 1.37 bits per heavy atom. The summed E-state index contributed by atoms with van der Waals surface area (Å²) in [6.07, 6.45) is -5.86. The van der Waals surface area contributed by atoms with Gasteiger partial charge in [0.2, 0.25) is 16.1 Å². The molecule has 30 heavy (non-hydrogen) atoms. The number of hydrogen-bond donors (Lipinski definition) is 0. The van der Waals surface area contributed by atoms with Crippen molar-refractivity contribution in [1.29, 1.82) is 0 Å². The summed E-state index contributed by atoms with van der Waals surface area (Å²) in [5.74, 6) is -46.2. The number of rotatable bonds is 10. The molecule has 0 fully saturated rings. The minimum absolute atomic E-state index is 1.39. The summed E-state index contributed by atoms with van der Waals surface area (Å²) in [4.78, 5) is 0. The molecule has 1 atom stereocenters. The minimum atomic E-state index is -8.29. The van der Waals surface area contributed by atoms with E-state index < -0.39 is 71.6 Å². The molecule has 0 heterocycles. The van der Waals surface area contributed by atoms with Gasteiger partial charge in [-0.15, -0.1) is 0 Å². The molecule has 0 bridgehead atoms. The average molecular weight is 507 g/mol. The van der Waals surface area contributed by atoms with Crippen LogP contribution in [-0.4, -0.2) is 67.2 Å². The highest BCUT2D eigenvalue weighted by atomic mass is 32.3. The van der Waals surface area contributed by atoms with Crippen LogP contribution in [0.1, 0.15) is 6.92 Å². The zero-order valence-corrected chi connectivity index (χ0v) is 14.3. The second-order valence-electron chi connectivity index (χ2n) is 5.60. The van der Waals surface area contributed by atoms with Crippen molar-refractivity contribution in [1.82, 2.24) is 0 Å². The molecule has 4 nitrogen and oxygen atoms in total. The third-order valence-corrected chi connectivity index (χ3v) is 3.94. The minimum Gasteiger partial charge on any atom is -0.726 e. The van der Waals surface area contributed by atoms with Crippen LogP contribution in [0, 0.1) is 0 Å². The van der Waals surface area contributed by atoms with Gasteiger partial charge in [-0.2, -0.15) is 43.9 Å². The van der Waals surface area contributed by atoms with E-state index in [2.05, 4.69) is 4.18 Å². The predicted octanol–water partition coefficient (Wildman–Crippen LogP) is 4.27. The first-order valence-electron chi connectivity index (χ1n) is 6.49. The molecule has 0 amide bonds. The van der Waals surface area contributed by atoms with Crippen LogP contribution in [0.4, 0.5) is 65.9 Å². The molecule has 1 unspecified atom stereocenters. The smallest absolute Gasteiger partial charge is 0.384 e. The summed E-state index contributed by atoms with van der Waals surface area (Å²) in [5, 5.41) is 0. The van der Waals surface area contributed by atoms with E-state index >= 15 is 0 Å². The summed E-state index contributed by atoms with van der Waals surface area (Å²) >= 11 is 0. The summed E-state index contributed by atoms with van der Waals surface area (Å²) in [6, 6.07) is 0. The molecule has 0 spiro atoms. The molecular formula is C10H6F15O4S-. The molecule has 0 N–H and O–H groups in total. The third kappa shape index (κ3) is 4.13. The molecule has 0 aliphatic heterocycles. The fourth-order valence-electron chi connectivity index (χ4n) is 1.55. The predicted molar refractivity (Wildman–Crippen MR) is 60.8 cm³/mol. The Kier molecular flexibility index (Phi) is 7.16. The maximum absolute atomic E-state index is 13.8. The Labute approximate surface area is 155 Å². The summed E-state index contributed by atoms with van der Waals surface area (Å²) < 4.78 is 229. The molecule has 0 saturated heterocycles. The SMILES string of the molecule is CC(F)(C(F)(F)COS(=O)(=O)[O-])C(F)(F)C(F)(F)C(F)(F)C(F)(F)C(F)(F)C(F)F. The topological polar surface area (TPSA) is 66.4 Å². The van der Waals surface area contributed by atoms with Crippen molar-refractivity contribution in [2.75, 3.05) is 6.61 Å². The molecule has 0 saturated carbocycles. The fraction of sp³-hybridized carbons (Fsp3) is 1.00. The molecule has 0 radical (unpaired) electrons. The number of alkyl halides is 15. The van der Waals surface area contributed by atoms with E-state index in [1.54, 1.807) is 0 Å². The average Bonchev–Trinajstić information content (AvgIpc) is 2.51. The van der Waals surface area contributed by atoms with Gasteiger partial charge in [-0.05, 0) is 6.92 Å². The zero-order chi connectivity index (χ0) is 25.0. The van der Waals surface area contributed by atoms with Crippen molar-refractivity contribution >= 4 is 10.4 Å². The molecule has 182 valence electrons. The van der Waals surface area contributed by atoms with Gasteiger partial charge in [0, 0.05) is 0 Å². The largest absolute Gasteiger partial charge is 0.726 e. The van der Waals surface area contributed by atoms with Gasteiger partial charge in [-0.1, -0.05) is 0 Å². The summed E-state index contributed by atoms with van der Waals surface area (Å²) in [7, 11) is -6.26. The fourth-order valence-corrected chi connectivity index (χ4v) is 1.84. The second kappa shape index (κ2) is 7.45. The van der Waals surface area contributed by atoms with Gasteiger partial charge in [-0.25, -0.2) is 30.4 Å². The molecular weight excluding hydrogens is 501 g/mol. The van der Waals surface area contributed by atoms with Crippen molar-refractivity contribution in [2.24, 2.45) is 0 Å². The van der Waals surface area contributed by atoms with E-state index in [1.807, 2.05) is 0 Å². The summed E-state index contributed by atoms with van der Waals surface area (Å²) in [5.41, 5.74) is -6.51. The van der Waals surface area contributed by atoms with Gasteiger partial charge in [0.15, 0.2) is 0 Å². The van der Waals surface area contributed by atoms with Crippen molar-refractivity contribution in [3.05, 3.63) is 0 Å².